The molecule has 4 heterocycles. The van der Waals surface area contributed by atoms with E-state index in [0.717, 1.165) is 49.8 Å². The summed E-state index contributed by atoms with van der Waals surface area (Å²) in [7, 11) is 0. The summed E-state index contributed by atoms with van der Waals surface area (Å²) in [5, 5.41) is 6.98. The maximum atomic E-state index is 6.55. The van der Waals surface area contributed by atoms with E-state index in [0.29, 0.717) is 17.5 Å². The van der Waals surface area contributed by atoms with E-state index in [1.807, 2.05) is 23.5 Å². The first-order valence-corrected chi connectivity index (χ1v) is 20.6. The Balaban J connectivity index is 1.08. The standard InChI is InChI=1S/C51H29N3OS2/c1-3-12-30(13-4-1)34-17-11-23-45-46(34)41-29-33(25-27-44(41)56-45)50-52-49(53-51(54-50)39-21-10-20-38-36-16-7-8-22-43(36)57-48(38)39)32-24-26-42-40(28-32)37-19-9-18-35(47(37)55-42)31-14-5-2-6-15-31/h1-29H. The van der Waals surface area contributed by atoms with Crippen molar-refractivity contribution in [2.45, 2.75) is 0 Å². The fraction of sp³-hybridized carbons (Fsp3) is 0. The zero-order chi connectivity index (χ0) is 37.5. The molecule has 8 aromatic carbocycles. The van der Waals surface area contributed by atoms with Gasteiger partial charge in [-0.3, -0.25) is 0 Å². The molecule has 266 valence electrons. The van der Waals surface area contributed by atoms with Crippen molar-refractivity contribution < 1.29 is 4.42 Å². The first-order chi connectivity index (χ1) is 28.2. The van der Waals surface area contributed by atoms with Crippen LogP contribution in [0.15, 0.2) is 180 Å². The van der Waals surface area contributed by atoms with Crippen molar-refractivity contribution in [2.24, 2.45) is 0 Å². The van der Waals surface area contributed by atoms with E-state index < -0.39 is 0 Å². The van der Waals surface area contributed by atoms with Gasteiger partial charge in [-0.2, -0.15) is 0 Å². The smallest absolute Gasteiger partial charge is 0.165 e. The summed E-state index contributed by atoms with van der Waals surface area (Å²) < 4.78 is 11.4. The third kappa shape index (κ3) is 5.22. The van der Waals surface area contributed by atoms with E-state index in [-0.39, 0.29) is 0 Å². The monoisotopic (exact) mass is 763 g/mol. The first kappa shape index (κ1) is 32.3. The Labute approximate surface area is 335 Å². The minimum atomic E-state index is 0.615. The highest BCUT2D eigenvalue weighted by molar-refractivity contribution is 7.26. The van der Waals surface area contributed by atoms with Gasteiger partial charge in [-0.25, -0.2) is 15.0 Å². The van der Waals surface area contributed by atoms with E-state index in [1.54, 1.807) is 11.3 Å². The second kappa shape index (κ2) is 12.8. The van der Waals surface area contributed by atoms with Crippen LogP contribution in [-0.4, -0.2) is 15.0 Å². The minimum Gasteiger partial charge on any atom is -0.455 e. The maximum absolute atomic E-state index is 6.55. The molecule has 0 unspecified atom stereocenters. The molecule has 0 amide bonds. The summed E-state index contributed by atoms with van der Waals surface area (Å²) in [6, 6.07) is 61.9. The summed E-state index contributed by atoms with van der Waals surface area (Å²) in [6.07, 6.45) is 0. The van der Waals surface area contributed by atoms with Crippen molar-refractivity contribution in [1.29, 1.82) is 0 Å². The van der Waals surface area contributed by atoms with E-state index in [4.69, 9.17) is 19.4 Å². The number of rotatable bonds is 5. The third-order valence-electron chi connectivity index (χ3n) is 11.0. The quantitative estimate of drug-likeness (QED) is 0.175. The van der Waals surface area contributed by atoms with Crippen LogP contribution in [0.3, 0.4) is 0 Å². The Morgan fingerprint density at radius 1 is 0.351 bits per heavy atom. The molecule has 57 heavy (non-hydrogen) atoms. The number of hydrogen-bond donors (Lipinski definition) is 0. The van der Waals surface area contributed by atoms with Crippen LogP contribution in [0.5, 0.6) is 0 Å². The van der Waals surface area contributed by atoms with Crippen molar-refractivity contribution in [3.63, 3.8) is 0 Å². The van der Waals surface area contributed by atoms with Gasteiger partial charge < -0.3 is 4.42 Å². The van der Waals surface area contributed by atoms with Crippen LogP contribution in [-0.2, 0) is 0 Å². The summed E-state index contributed by atoms with van der Waals surface area (Å²) in [6.45, 7) is 0. The number of thiophene rings is 2. The summed E-state index contributed by atoms with van der Waals surface area (Å²) >= 11 is 3.60. The lowest BCUT2D eigenvalue weighted by Crippen LogP contribution is -2.00. The third-order valence-corrected chi connectivity index (χ3v) is 13.3. The van der Waals surface area contributed by atoms with Crippen molar-refractivity contribution in [2.75, 3.05) is 0 Å². The highest BCUT2D eigenvalue weighted by Crippen LogP contribution is 2.43. The van der Waals surface area contributed by atoms with Crippen molar-refractivity contribution in [3.8, 4) is 56.4 Å². The molecule has 0 bridgehead atoms. The molecular weight excluding hydrogens is 735 g/mol. The van der Waals surface area contributed by atoms with Gasteiger partial charge >= 0.3 is 0 Å². The normalized spacial score (nSPS) is 11.9. The molecular formula is C51H29N3OS2. The van der Waals surface area contributed by atoms with Gasteiger partial charge in [0.15, 0.2) is 17.5 Å². The number of para-hydroxylation sites is 1. The van der Waals surface area contributed by atoms with Gasteiger partial charge in [0.1, 0.15) is 11.2 Å². The van der Waals surface area contributed by atoms with Crippen LogP contribution in [0, 0.1) is 0 Å². The lowest BCUT2D eigenvalue weighted by molar-refractivity contribution is 0.670. The number of benzene rings is 8. The van der Waals surface area contributed by atoms with Crippen molar-refractivity contribution >= 4 is 85.0 Å². The molecule has 0 radical (unpaired) electrons. The molecule has 12 aromatic rings. The predicted molar refractivity (Wildman–Crippen MR) is 240 cm³/mol. The Bertz CT molecular complexity index is 3530. The number of aromatic nitrogens is 3. The van der Waals surface area contributed by atoms with Gasteiger partial charge in [0.25, 0.3) is 0 Å². The Morgan fingerprint density at radius 2 is 0.930 bits per heavy atom. The van der Waals surface area contributed by atoms with Gasteiger partial charge in [-0.1, -0.05) is 121 Å². The fourth-order valence-corrected chi connectivity index (χ4v) is 10.6. The van der Waals surface area contributed by atoms with Crippen molar-refractivity contribution in [1.82, 2.24) is 15.0 Å². The molecule has 0 aliphatic rings. The van der Waals surface area contributed by atoms with Crippen molar-refractivity contribution in [3.05, 3.63) is 176 Å². The molecule has 0 aliphatic heterocycles. The Hall–Kier alpha value is -6.99. The number of furan rings is 1. The topological polar surface area (TPSA) is 51.8 Å². The lowest BCUT2D eigenvalue weighted by atomic mass is 9.99. The highest BCUT2D eigenvalue weighted by atomic mass is 32.1. The highest BCUT2D eigenvalue weighted by Gasteiger charge is 2.20. The second-order valence-corrected chi connectivity index (χ2v) is 16.4. The maximum Gasteiger partial charge on any atom is 0.165 e. The average Bonchev–Trinajstić information content (AvgIpc) is 3.97. The second-order valence-electron chi connectivity index (χ2n) is 14.3. The molecule has 4 nitrogen and oxygen atoms in total. The molecule has 0 fully saturated rings. The fourth-order valence-electron chi connectivity index (χ4n) is 8.28. The minimum absolute atomic E-state index is 0.615. The largest absolute Gasteiger partial charge is 0.455 e. The van der Waals surface area contributed by atoms with Gasteiger partial charge in [0.2, 0.25) is 0 Å². The van der Waals surface area contributed by atoms with Gasteiger partial charge in [0, 0.05) is 73.4 Å². The molecule has 0 N–H and O–H groups in total. The van der Waals surface area contributed by atoms with E-state index in [9.17, 15) is 0 Å². The average molecular weight is 764 g/mol. The molecule has 0 spiro atoms. The zero-order valence-corrected chi connectivity index (χ0v) is 31.9. The van der Waals surface area contributed by atoms with E-state index in [1.165, 1.54) is 51.5 Å². The number of hydrogen-bond acceptors (Lipinski definition) is 6. The summed E-state index contributed by atoms with van der Waals surface area (Å²) in [5.74, 6) is 1.90. The molecule has 6 heteroatoms. The number of fused-ring (bicyclic) bond motifs is 9. The van der Waals surface area contributed by atoms with E-state index >= 15 is 0 Å². The Morgan fingerprint density at radius 3 is 1.74 bits per heavy atom. The molecule has 0 saturated carbocycles. The van der Waals surface area contributed by atoms with Crippen LogP contribution in [0.1, 0.15) is 0 Å². The number of nitrogens with zero attached hydrogens (tertiary/aromatic N) is 3. The molecule has 4 aromatic heterocycles. The van der Waals surface area contributed by atoms with Crippen LogP contribution >= 0.6 is 22.7 Å². The van der Waals surface area contributed by atoms with E-state index in [2.05, 4.69) is 164 Å². The van der Waals surface area contributed by atoms with Gasteiger partial charge in [-0.15, -0.1) is 22.7 Å². The summed E-state index contributed by atoms with van der Waals surface area (Å²) in [4.78, 5) is 15.8. The van der Waals surface area contributed by atoms with Crippen LogP contribution in [0.25, 0.3) is 119 Å². The molecule has 0 atom stereocenters. The SMILES string of the molecule is c1ccc(-c2cccc3c2oc2ccc(-c4nc(-c5ccc6sc7cccc(-c8ccccc8)c7c6c5)nc(-c5cccc6c5sc5ccccc56)n4)cc23)cc1. The van der Waals surface area contributed by atoms with Crippen LogP contribution < -0.4 is 0 Å². The molecule has 12 rings (SSSR count). The first-order valence-electron chi connectivity index (χ1n) is 18.9. The Kier molecular flexibility index (Phi) is 7.24. The predicted octanol–water partition coefficient (Wildman–Crippen LogP) is 14.8. The van der Waals surface area contributed by atoms with Gasteiger partial charge in [-0.05, 0) is 71.3 Å². The zero-order valence-electron chi connectivity index (χ0n) is 30.3. The lowest BCUT2D eigenvalue weighted by Gasteiger charge is -2.10. The molecule has 0 aliphatic carbocycles. The van der Waals surface area contributed by atoms with Crippen LogP contribution in [0.4, 0.5) is 0 Å². The molecule has 0 saturated heterocycles. The summed E-state index contributed by atoms with van der Waals surface area (Å²) in [5.41, 5.74) is 9.15. The van der Waals surface area contributed by atoms with Crippen LogP contribution in [0.2, 0.25) is 0 Å². The van der Waals surface area contributed by atoms with Gasteiger partial charge in [0.05, 0.1) is 0 Å².